The first-order valence-electron chi connectivity index (χ1n) is 7.55. The molecule has 0 bridgehead atoms. The van der Waals surface area contributed by atoms with Crippen LogP contribution in [0.25, 0.3) is 5.65 Å². The van der Waals surface area contributed by atoms with Crippen LogP contribution in [0.3, 0.4) is 0 Å². The van der Waals surface area contributed by atoms with Crippen LogP contribution in [0.15, 0.2) is 24.5 Å². The van der Waals surface area contributed by atoms with E-state index in [2.05, 4.69) is 44.5 Å². The molecule has 2 aliphatic heterocycles. The predicted octanol–water partition coefficient (Wildman–Crippen LogP) is 0.821. The molecule has 0 spiro atoms. The van der Waals surface area contributed by atoms with E-state index in [1.54, 1.807) is 0 Å². The molecule has 1 unspecified atom stereocenters. The summed E-state index contributed by atoms with van der Waals surface area (Å²) < 4.78 is 2.15. The van der Waals surface area contributed by atoms with Gasteiger partial charge < -0.3 is 19.9 Å². The van der Waals surface area contributed by atoms with Gasteiger partial charge in [0.25, 0.3) is 0 Å². The number of hydrogen-bond donors (Lipinski definition) is 2. The van der Waals surface area contributed by atoms with E-state index in [4.69, 9.17) is 4.98 Å². The van der Waals surface area contributed by atoms with E-state index in [-0.39, 0.29) is 0 Å². The van der Waals surface area contributed by atoms with Gasteiger partial charge in [-0.3, -0.25) is 0 Å². The number of anilines is 1. The minimum absolute atomic E-state index is 0.581. The standard InChI is InChI=1S/C15H21N5/c1-3-17-10-12(1)14-11-20-6-2-13(9-15(20)18-14)19-7-4-16-5-8-19/h2,6,9,11-12,16-17H,1,3-5,7-8,10H2. The van der Waals surface area contributed by atoms with Crippen LogP contribution in [0.1, 0.15) is 18.0 Å². The largest absolute Gasteiger partial charge is 0.369 e. The normalized spacial score (nSPS) is 23.6. The van der Waals surface area contributed by atoms with Crippen molar-refractivity contribution in [2.24, 2.45) is 0 Å². The van der Waals surface area contributed by atoms with E-state index in [0.29, 0.717) is 5.92 Å². The summed E-state index contributed by atoms with van der Waals surface area (Å²) in [5.41, 5.74) is 3.59. The van der Waals surface area contributed by atoms with Crippen molar-refractivity contribution in [2.45, 2.75) is 12.3 Å². The first-order valence-corrected chi connectivity index (χ1v) is 7.55. The Kier molecular flexibility index (Phi) is 3.09. The second-order valence-electron chi connectivity index (χ2n) is 5.74. The van der Waals surface area contributed by atoms with E-state index in [1.807, 2.05) is 0 Å². The molecule has 1 atom stereocenters. The van der Waals surface area contributed by atoms with E-state index in [1.165, 1.54) is 17.8 Å². The van der Waals surface area contributed by atoms with Gasteiger partial charge in [-0.25, -0.2) is 4.98 Å². The maximum Gasteiger partial charge on any atom is 0.139 e. The highest BCUT2D eigenvalue weighted by Gasteiger charge is 2.19. The Hall–Kier alpha value is -1.59. The van der Waals surface area contributed by atoms with Crippen molar-refractivity contribution in [3.8, 4) is 0 Å². The summed E-state index contributed by atoms with van der Waals surface area (Å²) in [6, 6.07) is 4.42. The number of pyridine rings is 1. The molecule has 4 heterocycles. The van der Waals surface area contributed by atoms with Crippen molar-refractivity contribution in [3.63, 3.8) is 0 Å². The van der Waals surface area contributed by atoms with Gasteiger partial charge in [-0.15, -0.1) is 0 Å². The first kappa shape index (κ1) is 12.2. The lowest BCUT2D eigenvalue weighted by Crippen LogP contribution is -2.43. The highest BCUT2D eigenvalue weighted by molar-refractivity contribution is 5.57. The molecule has 2 saturated heterocycles. The molecule has 0 aromatic carbocycles. The summed E-state index contributed by atoms with van der Waals surface area (Å²) in [7, 11) is 0. The molecule has 2 N–H and O–H groups in total. The number of fused-ring (bicyclic) bond motifs is 1. The number of hydrogen-bond acceptors (Lipinski definition) is 4. The summed E-state index contributed by atoms with van der Waals surface area (Å²) in [6.07, 6.45) is 5.54. The smallest absolute Gasteiger partial charge is 0.139 e. The van der Waals surface area contributed by atoms with Crippen molar-refractivity contribution in [3.05, 3.63) is 30.2 Å². The molecule has 0 saturated carbocycles. The van der Waals surface area contributed by atoms with Crippen LogP contribution in [0.2, 0.25) is 0 Å². The summed E-state index contributed by atoms with van der Waals surface area (Å²) in [5.74, 6) is 0.581. The second-order valence-corrected chi connectivity index (χ2v) is 5.74. The third-order valence-electron chi connectivity index (χ3n) is 4.42. The van der Waals surface area contributed by atoms with Crippen LogP contribution in [0.4, 0.5) is 5.69 Å². The lowest BCUT2D eigenvalue weighted by molar-refractivity contribution is 0.589. The monoisotopic (exact) mass is 271 g/mol. The Bertz CT molecular complexity index is 593. The maximum absolute atomic E-state index is 4.83. The molecule has 2 fully saturated rings. The number of piperazine rings is 1. The number of aromatic nitrogens is 2. The Morgan fingerprint density at radius 1 is 1.15 bits per heavy atom. The Labute approximate surface area is 119 Å². The fourth-order valence-corrected chi connectivity index (χ4v) is 3.21. The quantitative estimate of drug-likeness (QED) is 0.849. The summed E-state index contributed by atoms with van der Waals surface area (Å²) in [4.78, 5) is 7.26. The molecular formula is C15H21N5. The predicted molar refractivity (Wildman–Crippen MR) is 80.5 cm³/mol. The van der Waals surface area contributed by atoms with Gasteiger partial charge >= 0.3 is 0 Å². The average Bonchev–Trinajstić information content (AvgIpc) is 3.16. The minimum Gasteiger partial charge on any atom is -0.369 e. The van der Waals surface area contributed by atoms with Crippen LogP contribution in [0, 0.1) is 0 Å². The topological polar surface area (TPSA) is 44.6 Å². The Morgan fingerprint density at radius 2 is 2.05 bits per heavy atom. The maximum atomic E-state index is 4.83. The van der Waals surface area contributed by atoms with Crippen molar-refractivity contribution in [2.75, 3.05) is 44.2 Å². The fraction of sp³-hybridized carbons (Fsp3) is 0.533. The summed E-state index contributed by atoms with van der Waals surface area (Å²) in [6.45, 7) is 6.48. The van der Waals surface area contributed by atoms with Gasteiger partial charge in [-0.2, -0.15) is 0 Å². The molecule has 2 aromatic heterocycles. The van der Waals surface area contributed by atoms with Crippen LogP contribution >= 0.6 is 0 Å². The van der Waals surface area contributed by atoms with Crippen LogP contribution in [-0.2, 0) is 0 Å². The summed E-state index contributed by atoms with van der Waals surface area (Å²) in [5, 5.41) is 6.81. The van der Waals surface area contributed by atoms with Gasteiger partial charge in [0, 0.05) is 62.8 Å². The number of imidazole rings is 1. The van der Waals surface area contributed by atoms with Crippen molar-refractivity contribution >= 4 is 11.3 Å². The molecule has 0 radical (unpaired) electrons. The molecule has 0 amide bonds. The summed E-state index contributed by atoms with van der Waals surface area (Å²) >= 11 is 0. The molecule has 5 heteroatoms. The third kappa shape index (κ3) is 2.17. The van der Waals surface area contributed by atoms with E-state index < -0.39 is 0 Å². The van der Waals surface area contributed by atoms with Crippen LogP contribution in [0.5, 0.6) is 0 Å². The lowest BCUT2D eigenvalue weighted by atomic mass is 10.1. The van der Waals surface area contributed by atoms with Gasteiger partial charge in [-0.1, -0.05) is 0 Å². The van der Waals surface area contributed by atoms with Crippen molar-refractivity contribution in [1.82, 2.24) is 20.0 Å². The SMILES string of the molecule is c1cn2cc(C3CCNC3)nc2cc1N1CCNCC1. The molecule has 4 rings (SSSR count). The van der Waals surface area contributed by atoms with Gasteiger partial charge in [-0.05, 0) is 19.0 Å². The Balaban J connectivity index is 1.64. The van der Waals surface area contributed by atoms with Crippen LogP contribution in [-0.4, -0.2) is 48.7 Å². The van der Waals surface area contributed by atoms with Crippen LogP contribution < -0.4 is 15.5 Å². The highest BCUT2D eigenvalue weighted by Crippen LogP contribution is 2.24. The molecule has 0 aliphatic carbocycles. The fourth-order valence-electron chi connectivity index (χ4n) is 3.21. The lowest BCUT2D eigenvalue weighted by Gasteiger charge is -2.29. The molecule has 2 aliphatic rings. The number of rotatable bonds is 2. The molecule has 2 aromatic rings. The molecular weight excluding hydrogens is 250 g/mol. The minimum atomic E-state index is 0.581. The van der Waals surface area contributed by atoms with E-state index in [0.717, 1.165) is 44.9 Å². The van der Waals surface area contributed by atoms with Gasteiger partial charge in [0.2, 0.25) is 0 Å². The molecule has 5 nitrogen and oxygen atoms in total. The molecule has 106 valence electrons. The van der Waals surface area contributed by atoms with Crippen molar-refractivity contribution < 1.29 is 0 Å². The zero-order chi connectivity index (χ0) is 13.4. The van der Waals surface area contributed by atoms with Gasteiger partial charge in [0.15, 0.2) is 0 Å². The van der Waals surface area contributed by atoms with E-state index in [9.17, 15) is 0 Å². The van der Waals surface area contributed by atoms with Gasteiger partial charge in [0.05, 0.1) is 5.69 Å². The first-order chi connectivity index (χ1) is 9.90. The number of nitrogens with one attached hydrogen (secondary N) is 2. The van der Waals surface area contributed by atoms with E-state index >= 15 is 0 Å². The molecule has 20 heavy (non-hydrogen) atoms. The Morgan fingerprint density at radius 3 is 2.85 bits per heavy atom. The zero-order valence-corrected chi connectivity index (χ0v) is 11.7. The van der Waals surface area contributed by atoms with Gasteiger partial charge in [0.1, 0.15) is 5.65 Å². The second kappa shape index (κ2) is 5.07. The zero-order valence-electron chi connectivity index (χ0n) is 11.7. The third-order valence-corrected chi connectivity index (χ3v) is 4.42. The van der Waals surface area contributed by atoms with Crippen molar-refractivity contribution in [1.29, 1.82) is 0 Å². The number of nitrogens with zero attached hydrogens (tertiary/aromatic N) is 3. The highest BCUT2D eigenvalue weighted by atomic mass is 15.2. The average molecular weight is 271 g/mol.